The van der Waals surface area contributed by atoms with E-state index < -0.39 is 17.3 Å². The van der Waals surface area contributed by atoms with Crippen molar-refractivity contribution in [2.75, 3.05) is 12.8 Å². The number of fused-ring (bicyclic) bond motifs is 3. The van der Waals surface area contributed by atoms with Crippen LogP contribution in [0.4, 0.5) is 10.2 Å². The second-order valence-electron chi connectivity index (χ2n) is 12.3. The molecule has 0 atom stereocenters. The van der Waals surface area contributed by atoms with Crippen LogP contribution in [0, 0.1) is 5.82 Å². The number of hydrogen-bond donors (Lipinski definition) is 4. The number of anilines is 1. The molecule has 224 valence electrons. The zero-order valence-electron chi connectivity index (χ0n) is 24.4. The third-order valence-corrected chi connectivity index (χ3v) is 8.92. The van der Waals surface area contributed by atoms with Crippen LogP contribution in [0.5, 0.6) is 5.75 Å². The van der Waals surface area contributed by atoms with Crippen molar-refractivity contribution in [2.45, 2.75) is 69.1 Å². The third-order valence-electron chi connectivity index (χ3n) is 8.92. The highest BCUT2D eigenvalue weighted by Crippen LogP contribution is 2.57. The van der Waals surface area contributed by atoms with Gasteiger partial charge in [0.15, 0.2) is 0 Å². The van der Waals surface area contributed by atoms with Crippen LogP contribution in [0.15, 0.2) is 54.9 Å². The van der Waals surface area contributed by atoms with Crippen LogP contribution in [0.2, 0.25) is 0 Å². The van der Waals surface area contributed by atoms with Gasteiger partial charge in [-0.1, -0.05) is 24.3 Å². The Labute approximate surface area is 248 Å². The first-order valence-electron chi connectivity index (χ1n) is 14.3. The minimum Gasteiger partial charge on any atom is -0.496 e. The lowest BCUT2D eigenvalue weighted by molar-refractivity contribution is -0.138. The molecule has 2 aliphatic rings. The van der Waals surface area contributed by atoms with E-state index in [-0.39, 0.29) is 29.0 Å². The zero-order valence-corrected chi connectivity index (χ0v) is 24.4. The van der Waals surface area contributed by atoms with Crippen LogP contribution in [-0.2, 0) is 16.8 Å². The second kappa shape index (κ2) is 10.3. The molecule has 0 saturated heterocycles. The van der Waals surface area contributed by atoms with Crippen molar-refractivity contribution in [3.8, 4) is 17.0 Å². The fourth-order valence-electron chi connectivity index (χ4n) is 6.63. The maximum atomic E-state index is 13.7. The number of carbonyl (C=O) groups excluding carboxylic acids is 2. The lowest BCUT2D eigenvalue weighted by Crippen LogP contribution is -2.52. The van der Waals surface area contributed by atoms with Gasteiger partial charge in [0.05, 0.1) is 12.7 Å². The van der Waals surface area contributed by atoms with Crippen LogP contribution in [-0.4, -0.2) is 49.5 Å². The predicted octanol–water partition coefficient (Wildman–Crippen LogP) is 3.90. The first-order valence-corrected chi connectivity index (χ1v) is 14.3. The van der Waals surface area contributed by atoms with Gasteiger partial charge < -0.3 is 26.2 Å². The summed E-state index contributed by atoms with van der Waals surface area (Å²) in [5, 5.41) is 16.2. The number of nitrogen functional groups attached to an aromatic ring is 1. The molecule has 2 bridgehead atoms. The normalized spacial score (nSPS) is 21.2. The number of hydrogen-bond acceptors (Lipinski definition) is 7. The molecule has 0 aliphatic heterocycles. The molecule has 0 radical (unpaired) electrons. The molecule has 6 rings (SSSR count). The number of benzene rings is 2. The van der Waals surface area contributed by atoms with E-state index in [1.807, 2.05) is 34.9 Å². The Morgan fingerprint density at radius 1 is 1.14 bits per heavy atom. The Hall–Kier alpha value is -4.51. The number of nitrogens with zero attached hydrogens (tertiary/aromatic N) is 3. The molecule has 10 nitrogen and oxygen atoms in total. The third kappa shape index (κ3) is 5.07. The molecule has 2 saturated carbocycles. The van der Waals surface area contributed by atoms with Crippen LogP contribution in [0.3, 0.4) is 0 Å². The average molecular weight is 587 g/mol. The van der Waals surface area contributed by atoms with Crippen LogP contribution in [0.1, 0.15) is 67.7 Å². The molecular weight excluding hydrogens is 551 g/mol. The predicted molar refractivity (Wildman–Crippen MR) is 159 cm³/mol. The number of rotatable bonds is 8. The molecule has 2 aromatic heterocycles. The van der Waals surface area contributed by atoms with Crippen molar-refractivity contribution >= 4 is 23.1 Å². The summed E-state index contributed by atoms with van der Waals surface area (Å²) in [6.45, 7) is 3.24. The Morgan fingerprint density at radius 2 is 1.86 bits per heavy atom. The summed E-state index contributed by atoms with van der Waals surface area (Å²) in [5.74, 6) is 0.234. The molecule has 43 heavy (non-hydrogen) atoms. The first kappa shape index (κ1) is 28.6. The van der Waals surface area contributed by atoms with Gasteiger partial charge in [-0.25, -0.2) is 14.4 Å². The van der Waals surface area contributed by atoms with E-state index in [1.54, 1.807) is 6.20 Å². The molecule has 4 aromatic rings. The van der Waals surface area contributed by atoms with E-state index in [1.165, 1.54) is 33.1 Å². The van der Waals surface area contributed by atoms with Gasteiger partial charge in [-0.2, -0.15) is 0 Å². The summed E-state index contributed by atoms with van der Waals surface area (Å²) < 4.78 is 21.0. The first-order chi connectivity index (χ1) is 20.4. The molecule has 2 amide bonds. The largest absolute Gasteiger partial charge is 0.496 e. The minimum atomic E-state index is -1.45. The van der Waals surface area contributed by atoms with E-state index in [4.69, 9.17) is 15.5 Å². The van der Waals surface area contributed by atoms with Crippen molar-refractivity contribution in [1.82, 2.24) is 25.0 Å². The van der Waals surface area contributed by atoms with Crippen LogP contribution in [0.25, 0.3) is 16.8 Å². The Balaban J connectivity index is 1.26. The maximum absolute atomic E-state index is 13.7. The number of ether oxygens (including phenoxy) is 1. The lowest BCUT2D eigenvalue weighted by atomic mass is 9.83. The summed E-state index contributed by atoms with van der Waals surface area (Å²) >= 11 is 0. The zero-order chi connectivity index (χ0) is 30.6. The number of nitrogens with two attached hydrogens (primary N) is 1. The molecule has 0 unspecified atom stereocenters. The molecular formula is C32H35FN6O4. The summed E-state index contributed by atoms with van der Waals surface area (Å²) in [6, 6.07) is 11.5. The topological polar surface area (TPSA) is 144 Å². The van der Waals surface area contributed by atoms with E-state index in [0.717, 1.165) is 60.6 Å². The molecule has 2 aliphatic carbocycles. The fraction of sp³-hybridized carbons (Fsp3) is 0.375. The molecule has 5 N–H and O–H groups in total. The quantitative estimate of drug-likeness (QED) is 0.245. The molecule has 2 heterocycles. The van der Waals surface area contributed by atoms with Gasteiger partial charge in [-0.15, -0.1) is 0 Å². The van der Waals surface area contributed by atoms with Gasteiger partial charge in [0.25, 0.3) is 11.8 Å². The van der Waals surface area contributed by atoms with Gasteiger partial charge in [0.1, 0.15) is 40.0 Å². The van der Waals surface area contributed by atoms with Gasteiger partial charge >= 0.3 is 0 Å². The van der Waals surface area contributed by atoms with Crippen molar-refractivity contribution < 1.29 is 23.8 Å². The Bertz CT molecular complexity index is 1720. The van der Waals surface area contributed by atoms with Gasteiger partial charge in [-0.3, -0.25) is 14.0 Å². The fourth-order valence-corrected chi connectivity index (χ4v) is 6.63. The summed E-state index contributed by atoms with van der Waals surface area (Å²) in [4.78, 5) is 34.9. The Morgan fingerprint density at radius 3 is 2.53 bits per heavy atom. The monoisotopic (exact) mass is 586 g/mol. The van der Waals surface area contributed by atoms with E-state index in [9.17, 15) is 19.1 Å². The van der Waals surface area contributed by atoms with Gasteiger partial charge in [0, 0.05) is 35.5 Å². The molecule has 2 fully saturated rings. The lowest BCUT2D eigenvalue weighted by Gasteiger charge is -2.31. The number of nitrogens with one attached hydrogen (secondary N) is 2. The SMILES string of the molecule is COc1ccc(F)cc1C(=O)NCc1ccc(-c2nc(C34CCC(NC(=O)C(C)(C)O)(CC3)C4)n3ccnc(N)c23)cc1. The highest BCUT2D eigenvalue weighted by molar-refractivity contribution is 5.97. The maximum Gasteiger partial charge on any atom is 0.255 e. The number of halogens is 1. The van der Waals surface area contributed by atoms with Crippen molar-refractivity contribution in [1.29, 1.82) is 0 Å². The van der Waals surface area contributed by atoms with Crippen molar-refractivity contribution in [2.24, 2.45) is 0 Å². The van der Waals surface area contributed by atoms with E-state index in [2.05, 4.69) is 15.6 Å². The van der Waals surface area contributed by atoms with E-state index in [0.29, 0.717) is 17.3 Å². The van der Waals surface area contributed by atoms with E-state index >= 15 is 0 Å². The number of aromatic nitrogens is 3. The average Bonchev–Trinajstić information content (AvgIpc) is 3.67. The number of methoxy groups -OCH3 is 1. The minimum absolute atomic E-state index is 0.126. The molecule has 11 heteroatoms. The smallest absolute Gasteiger partial charge is 0.255 e. The summed E-state index contributed by atoms with van der Waals surface area (Å²) in [5.41, 5.74) is 7.58. The number of imidazole rings is 1. The number of carbonyl (C=O) groups is 2. The van der Waals surface area contributed by atoms with Gasteiger partial charge in [0.2, 0.25) is 0 Å². The summed E-state index contributed by atoms with van der Waals surface area (Å²) in [7, 11) is 1.43. The van der Waals surface area contributed by atoms with Gasteiger partial charge in [-0.05, 0) is 69.7 Å². The highest BCUT2D eigenvalue weighted by atomic mass is 19.1. The molecule has 2 aromatic carbocycles. The standard InChI is InChI=1S/C32H35FN6O4/c1-30(2,42)29(41)38-32-12-10-31(18-32,11-13-32)28-37-24(25-26(34)35-14-15-39(25)28)20-6-4-19(5-7-20)17-36-27(40)22-16-21(33)8-9-23(22)43-3/h4-9,14-16,42H,10-13,17-18H2,1-3H3,(H2,34,35)(H,36,40)(H,38,41). The van der Waals surface area contributed by atoms with Crippen LogP contribution >= 0.6 is 0 Å². The second-order valence-corrected chi connectivity index (χ2v) is 12.3. The number of aliphatic hydroxyl groups is 1. The van der Waals surface area contributed by atoms with Crippen molar-refractivity contribution in [3.63, 3.8) is 0 Å². The Kier molecular flexibility index (Phi) is 6.88. The molecule has 0 spiro atoms. The van der Waals surface area contributed by atoms with Crippen molar-refractivity contribution in [3.05, 3.63) is 77.6 Å². The highest BCUT2D eigenvalue weighted by Gasteiger charge is 2.58. The van der Waals surface area contributed by atoms with Crippen LogP contribution < -0.4 is 21.1 Å². The number of amides is 2. The summed E-state index contributed by atoms with van der Waals surface area (Å²) in [6.07, 6.45) is 7.61.